The molecule has 0 saturated heterocycles. The lowest BCUT2D eigenvalue weighted by atomic mass is 10.2. The number of halogens is 3. The SMILES string of the molecule is CC(O)CO.Cc1c(OCC(F)(F)F)ccnc1CS(=O)c1nc2ccccc2[nH]1. The Morgan fingerprint density at radius 1 is 1.27 bits per heavy atom. The molecule has 3 aromatic rings. The second-order valence-electron chi connectivity index (χ2n) is 6.37. The summed E-state index contributed by atoms with van der Waals surface area (Å²) in [4.78, 5) is 11.3. The van der Waals surface area contributed by atoms with Crippen molar-refractivity contribution in [3.8, 4) is 5.75 Å². The lowest BCUT2D eigenvalue weighted by Gasteiger charge is -2.13. The fourth-order valence-corrected chi connectivity index (χ4v) is 3.35. The van der Waals surface area contributed by atoms with Crippen LogP contribution in [0.3, 0.4) is 0 Å². The number of hydrogen-bond donors (Lipinski definition) is 3. The summed E-state index contributed by atoms with van der Waals surface area (Å²) in [7, 11) is -1.51. The highest BCUT2D eigenvalue weighted by molar-refractivity contribution is 7.84. The molecule has 0 bridgehead atoms. The van der Waals surface area contributed by atoms with Gasteiger partial charge in [0, 0.05) is 11.8 Å². The Morgan fingerprint density at radius 3 is 2.53 bits per heavy atom. The molecule has 2 heterocycles. The van der Waals surface area contributed by atoms with Crippen LogP contribution in [0.5, 0.6) is 5.75 Å². The highest BCUT2D eigenvalue weighted by Crippen LogP contribution is 2.24. The molecule has 11 heteroatoms. The van der Waals surface area contributed by atoms with Gasteiger partial charge in [-0.25, -0.2) is 4.98 Å². The Hall–Kier alpha value is -2.50. The Labute approximate surface area is 173 Å². The van der Waals surface area contributed by atoms with E-state index in [-0.39, 0.29) is 18.1 Å². The van der Waals surface area contributed by atoms with Gasteiger partial charge in [0.2, 0.25) is 0 Å². The first-order valence-corrected chi connectivity index (χ1v) is 10.2. The van der Waals surface area contributed by atoms with Crippen LogP contribution in [0.25, 0.3) is 11.0 Å². The maximum Gasteiger partial charge on any atom is 0.422 e. The van der Waals surface area contributed by atoms with E-state index in [1.54, 1.807) is 13.0 Å². The van der Waals surface area contributed by atoms with E-state index in [2.05, 4.69) is 15.0 Å². The predicted octanol–water partition coefficient (Wildman–Crippen LogP) is 2.87. The summed E-state index contributed by atoms with van der Waals surface area (Å²) >= 11 is 0. The lowest BCUT2D eigenvalue weighted by Crippen LogP contribution is -2.19. The molecule has 30 heavy (non-hydrogen) atoms. The first kappa shape index (κ1) is 23.8. The van der Waals surface area contributed by atoms with Gasteiger partial charge in [-0.2, -0.15) is 13.2 Å². The molecule has 3 rings (SSSR count). The molecule has 2 atom stereocenters. The minimum absolute atomic E-state index is 0.0227. The molecule has 0 saturated carbocycles. The number of aliphatic hydroxyl groups is 2. The molecule has 0 aliphatic carbocycles. The van der Waals surface area contributed by atoms with Gasteiger partial charge >= 0.3 is 6.18 Å². The number of aliphatic hydroxyl groups excluding tert-OH is 2. The van der Waals surface area contributed by atoms with Crippen LogP contribution in [-0.4, -0.2) is 54.9 Å². The Bertz CT molecular complexity index is 960. The number of nitrogens with zero attached hydrogens (tertiary/aromatic N) is 2. The van der Waals surface area contributed by atoms with E-state index in [9.17, 15) is 17.4 Å². The van der Waals surface area contributed by atoms with Crippen LogP contribution in [0.4, 0.5) is 13.2 Å². The number of alkyl halides is 3. The van der Waals surface area contributed by atoms with Gasteiger partial charge in [-0.05, 0) is 32.0 Å². The van der Waals surface area contributed by atoms with Crippen LogP contribution in [0.15, 0.2) is 41.7 Å². The second kappa shape index (κ2) is 10.5. The van der Waals surface area contributed by atoms with Crippen LogP contribution < -0.4 is 4.74 Å². The van der Waals surface area contributed by atoms with Crippen molar-refractivity contribution < 1.29 is 32.3 Å². The molecule has 1 aromatic carbocycles. The molecule has 0 amide bonds. The number of ether oxygens (including phenoxy) is 1. The van der Waals surface area contributed by atoms with Crippen LogP contribution in [0.1, 0.15) is 18.2 Å². The molecule has 0 aliphatic heterocycles. The van der Waals surface area contributed by atoms with Crippen LogP contribution in [-0.2, 0) is 16.6 Å². The Morgan fingerprint density at radius 2 is 1.93 bits per heavy atom. The van der Waals surface area contributed by atoms with Gasteiger partial charge in [0.15, 0.2) is 11.8 Å². The summed E-state index contributed by atoms with van der Waals surface area (Å²) in [5, 5.41) is 16.3. The van der Waals surface area contributed by atoms with Gasteiger partial charge < -0.3 is 19.9 Å². The highest BCUT2D eigenvalue weighted by Gasteiger charge is 2.29. The van der Waals surface area contributed by atoms with E-state index in [1.165, 1.54) is 19.2 Å². The topological polar surface area (TPSA) is 108 Å². The number of nitrogens with one attached hydrogen (secondary N) is 1. The van der Waals surface area contributed by atoms with E-state index in [4.69, 9.17) is 14.9 Å². The predicted molar refractivity (Wildman–Crippen MR) is 105 cm³/mol. The first-order chi connectivity index (χ1) is 14.1. The standard InChI is InChI=1S/C16H14F3N3O2S.C3H8O2/c1-10-13(20-7-6-14(10)24-9-16(17,18)19)8-25(23)15-21-11-4-2-3-5-12(11)22-15;1-3(5)2-4/h2-7H,8-9H2,1H3,(H,21,22);3-5H,2H2,1H3. The first-order valence-electron chi connectivity index (χ1n) is 8.86. The lowest BCUT2D eigenvalue weighted by molar-refractivity contribution is -0.153. The molecule has 7 nitrogen and oxygen atoms in total. The second-order valence-corrected chi connectivity index (χ2v) is 7.73. The summed E-state index contributed by atoms with van der Waals surface area (Å²) < 4.78 is 54.2. The fourth-order valence-electron chi connectivity index (χ4n) is 2.25. The monoisotopic (exact) mass is 445 g/mol. The molecule has 3 N–H and O–H groups in total. The number of aromatic amines is 1. The number of pyridine rings is 1. The number of fused-ring (bicyclic) bond motifs is 1. The fraction of sp³-hybridized carbons (Fsp3) is 0.368. The van der Waals surface area contributed by atoms with Gasteiger partial charge in [0.1, 0.15) is 5.75 Å². The normalized spacial score (nSPS) is 13.4. The van der Waals surface area contributed by atoms with Crippen LogP contribution in [0.2, 0.25) is 0 Å². The van der Waals surface area contributed by atoms with Crippen molar-refractivity contribution in [2.75, 3.05) is 13.2 Å². The van der Waals surface area contributed by atoms with Crippen molar-refractivity contribution in [1.29, 1.82) is 0 Å². The van der Waals surface area contributed by atoms with E-state index in [0.717, 1.165) is 5.52 Å². The molecule has 0 spiro atoms. The molecule has 2 unspecified atom stereocenters. The average Bonchev–Trinajstić information content (AvgIpc) is 3.13. The smallest absolute Gasteiger partial charge is 0.422 e. The van der Waals surface area contributed by atoms with Crippen molar-refractivity contribution in [3.63, 3.8) is 0 Å². The van der Waals surface area contributed by atoms with Gasteiger partial charge in [-0.3, -0.25) is 9.19 Å². The molecular weight excluding hydrogens is 423 g/mol. The highest BCUT2D eigenvalue weighted by atomic mass is 32.2. The van der Waals surface area contributed by atoms with Gasteiger partial charge in [0.25, 0.3) is 0 Å². The molecule has 164 valence electrons. The van der Waals surface area contributed by atoms with E-state index in [0.29, 0.717) is 21.9 Å². The molecular formula is C19H22F3N3O4S. The van der Waals surface area contributed by atoms with Crippen molar-refractivity contribution in [3.05, 3.63) is 47.8 Å². The summed E-state index contributed by atoms with van der Waals surface area (Å²) in [5.41, 5.74) is 2.28. The summed E-state index contributed by atoms with van der Waals surface area (Å²) in [6.07, 6.45) is -3.65. The number of para-hydroxylation sites is 2. The number of aromatic nitrogens is 3. The van der Waals surface area contributed by atoms with Crippen molar-refractivity contribution in [2.24, 2.45) is 0 Å². The van der Waals surface area contributed by atoms with E-state index >= 15 is 0 Å². The van der Waals surface area contributed by atoms with Crippen molar-refractivity contribution in [1.82, 2.24) is 15.0 Å². The maximum absolute atomic E-state index is 12.5. The number of H-pyrrole nitrogens is 1. The molecule has 2 aromatic heterocycles. The zero-order valence-electron chi connectivity index (χ0n) is 16.3. The molecule has 0 aliphatic rings. The minimum atomic E-state index is -4.42. The van der Waals surface area contributed by atoms with E-state index in [1.807, 2.05) is 18.2 Å². The van der Waals surface area contributed by atoms with E-state index < -0.39 is 29.7 Å². The molecule has 0 radical (unpaired) electrons. The summed E-state index contributed by atoms with van der Waals surface area (Å²) in [6, 6.07) is 8.62. The molecule has 0 fully saturated rings. The quantitative estimate of drug-likeness (QED) is 0.539. The average molecular weight is 445 g/mol. The summed E-state index contributed by atoms with van der Waals surface area (Å²) in [5.74, 6) is 0.0958. The largest absolute Gasteiger partial charge is 0.484 e. The zero-order valence-corrected chi connectivity index (χ0v) is 17.1. The maximum atomic E-state index is 12.5. The number of hydrogen-bond acceptors (Lipinski definition) is 6. The Kier molecular flexibility index (Phi) is 8.33. The number of imidazole rings is 1. The third-order valence-corrected chi connectivity index (χ3v) is 4.93. The minimum Gasteiger partial charge on any atom is -0.484 e. The van der Waals surface area contributed by atoms with Gasteiger partial charge in [-0.15, -0.1) is 0 Å². The number of benzene rings is 1. The van der Waals surface area contributed by atoms with Gasteiger partial charge in [-0.1, -0.05) is 12.1 Å². The number of rotatable bonds is 6. The van der Waals surface area contributed by atoms with Gasteiger partial charge in [0.05, 0.1) is 46.0 Å². The third-order valence-electron chi connectivity index (χ3n) is 3.77. The third kappa shape index (κ3) is 7.08. The zero-order chi connectivity index (χ0) is 22.3. The van der Waals surface area contributed by atoms with Crippen molar-refractivity contribution >= 4 is 21.8 Å². The summed E-state index contributed by atoms with van der Waals surface area (Å²) in [6.45, 7) is 1.59. The van der Waals surface area contributed by atoms with Crippen LogP contribution >= 0.6 is 0 Å². The Balaban J connectivity index is 0.000000575. The van der Waals surface area contributed by atoms with Crippen molar-refractivity contribution in [2.45, 2.75) is 37.0 Å². The van der Waals surface area contributed by atoms with Crippen LogP contribution in [0, 0.1) is 6.92 Å².